The SMILES string of the molecule is CCOC(=O)COc1ccc(C)nc1Br. The first-order valence-corrected chi connectivity index (χ1v) is 5.34. The third-order valence-electron chi connectivity index (χ3n) is 1.60. The molecule has 0 bridgehead atoms. The summed E-state index contributed by atoms with van der Waals surface area (Å²) in [6.45, 7) is 3.88. The van der Waals surface area contributed by atoms with Crippen molar-refractivity contribution in [2.45, 2.75) is 13.8 Å². The Hall–Kier alpha value is -1.10. The molecular formula is C10H12BrNO3. The molecule has 82 valence electrons. The highest BCUT2D eigenvalue weighted by Gasteiger charge is 2.06. The van der Waals surface area contributed by atoms with Crippen molar-refractivity contribution in [3.05, 3.63) is 22.4 Å². The Kier molecular flexibility index (Phi) is 4.55. The third kappa shape index (κ3) is 3.87. The van der Waals surface area contributed by atoms with Crippen LogP contribution in [-0.2, 0) is 9.53 Å². The average molecular weight is 274 g/mol. The lowest BCUT2D eigenvalue weighted by molar-refractivity contribution is -0.145. The highest BCUT2D eigenvalue weighted by Crippen LogP contribution is 2.22. The van der Waals surface area contributed by atoms with Crippen molar-refractivity contribution in [1.29, 1.82) is 0 Å². The molecule has 0 saturated carbocycles. The van der Waals surface area contributed by atoms with E-state index in [9.17, 15) is 4.79 Å². The summed E-state index contributed by atoms with van der Waals surface area (Å²) in [6, 6.07) is 3.57. The Balaban J connectivity index is 2.54. The average Bonchev–Trinajstić information content (AvgIpc) is 2.17. The van der Waals surface area contributed by atoms with E-state index in [1.54, 1.807) is 13.0 Å². The molecule has 0 unspecified atom stereocenters. The van der Waals surface area contributed by atoms with Crippen LogP contribution >= 0.6 is 15.9 Å². The van der Waals surface area contributed by atoms with Crippen LogP contribution in [0.25, 0.3) is 0 Å². The number of esters is 1. The number of rotatable bonds is 4. The van der Waals surface area contributed by atoms with Crippen LogP contribution in [0.5, 0.6) is 5.75 Å². The minimum atomic E-state index is -0.384. The Morgan fingerprint density at radius 1 is 1.53 bits per heavy atom. The van der Waals surface area contributed by atoms with Gasteiger partial charge in [0.25, 0.3) is 0 Å². The van der Waals surface area contributed by atoms with Gasteiger partial charge in [-0.15, -0.1) is 0 Å². The molecule has 0 atom stereocenters. The molecule has 0 aromatic carbocycles. The molecule has 0 aliphatic rings. The summed E-state index contributed by atoms with van der Waals surface area (Å²) in [5, 5.41) is 0. The normalized spacial score (nSPS) is 9.80. The molecule has 0 fully saturated rings. The Morgan fingerprint density at radius 2 is 2.27 bits per heavy atom. The zero-order valence-electron chi connectivity index (χ0n) is 8.62. The number of hydrogen-bond donors (Lipinski definition) is 0. The van der Waals surface area contributed by atoms with Gasteiger partial charge in [-0.2, -0.15) is 0 Å². The predicted molar refractivity (Wildman–Crippen MR) is 58.8 cm³/mol. The number of aryl methyl sites for hydroxylation is 1. The largest absolute Gasteiger partial charge is 0.479 e. The first kappa shape index (κ1) is 12.0. The van der Waals surface area contributed by atoms with E-state index in [1.165, 1.54) is 0 Å². The van der Waals surface area contributed by atoms with Crippen LogP contribution in [0.1, 0.15) is 12.6 Å². The van der Waals surface area contributed by atoms with Crippen molar-refractivity contribution in [2.75, 3.05) is 13.2 Å². The molecule has 0 radical (unpaired) electrons. The summed E-state index contributed by atoms with van der Waals surface area (Å²) in [7, 11) is 0. The fraction of sp³-hybridized carbons (Fsp3) is 0.400. The molecule has 0 saturated heterocycles. The molecule has 0 spiro atoms. The van der Waals surface area contributed by atoms with Crippen molar-refractivity contribution in [1.82, 2.24) is 4.98 Å². The number of aromatic nitrogens is 1. The molecule has 4 nitrogen and oxygen atoms in total. The monoisotopic (exact) mass is 273 g/mol. The van der Waals surface area contributed by atoms with Gasteiger partial charge < -0.3 is 9.47 Å². The van der Waals surface area contributed by atoms with Crippen molar-refractivity contribution in [3.63, 3.8) is 0 Å². The summed E-state index contributed by atoms with van der Waals surface area (Å²) in [4.78, 5) is 15.1. The number of carbonyl (C=O) groups is 1. The molecule has 15 heavy (non-hydrogen) atoms. The number of hydrogen-bond acceptors (Lipinski definition) is 4. The number of carbonyl (C=O) groups excluding carboxylic acids is 1. The summed E-state index contributed by atoms with van der Waals surface area (Å²) in [5.74, 6) is 0.152. The summed E-state index contributed by atoms with van der Waals surface area (Å²) in [6.07, 6.45) is 0. The van der Waals surface area contributed by atoms with Crippen LogP contribution in [0.4, 0.5) is 0 Å². The number of nitrogens with zero attached hydrogens (tertiary/aromatic N) is 1. The molecule has 0 amide bonds. The van der Waals surface area contributed by atoms with Crippen LogP contribution in [0, 0.1) is 6.92 Å². The van der Waals surface area contributed by atoms with E-state index in [4.69, 9.17) is 9.47 Å². The maximum absolute atomic E-state index is 11.0. The second kappa shape index (κ2) is 5.70. The lowest BCUT2D eigenvalue weighted by atomic mass is 10.4. The highest BCUT2D eigenvalue weighted by atomic mass is 79.9. The van der Waals surface area contributed by atoms with Gasteiger partial charge in [0.15, 0.2) is 12.4 Å². The lowest BCUT2D eigenvalue weighted by Crippen LogP contribution is -2.14. The predicted octanol–water partition coefficient (Wildman–Crippen LogP) is 2.09. The lowest BCUT2D eigenvalue weighted by Gasteiger charge is -2.07. The van der Waals surface area contributed by atoms with Gasteiger partial charge in [-0.25, -0.2) is 9.78 Å². The first-order chi connectivity index (χ1) is 7.13. The highest BCUT2D eigenvalue weighted by molar-refractivity contribution is 9.10. The molecule has 0 aliphatic heterocycles. The van der Waals surface area contributed by atoms with Crippen molar-refractivity contribution in [2.24, 2.45) is 0 Å². The summed E-state index contributed by atoms with van der Waals surface area (Å²) in [5.41, 5.74) is 0.880. The fourth-order valence-corrected chi connectivity index (χ4v) is 1.49. The van der Waals surface area contributed by atoms with Crippen LogP contribution in [-0.4, -0.2) is 24.2 Å². The second-order valence-electron chi connectivity index (χ2n) is 2.84. The minimum Gasteiger partial charge on any atom is -0.479 e. The van der Waals surface area contributed by atoms with Gasteiger partial charge >= 0.3 is 5.97 Å². The third-order valence-corrected chi connectivity index (χ3v) is 2.17. The van der Waals surface area contributed by atoms with E-state index < -0.39 is 0 Å². The number of halogens is 1. The molecule has 1 heterocycles. The molecular weight excluding hydrogens is 262 g/mol. The van der Waals surface area contributed by atoms with E-state index in [1.807, 2.05) is 13.0 Å². The van der Waals surface area contributed by atoms with Gasteiger partial charge in [0.1, 0.15) is 4.60 Å². The maximum Gasteiger partial charge on any atom is 0.344 e. The van der Waals surface area contributed by atoms with Crippen molar-refractivity contribution in [3.8, 4) is 5.75 Å². The quantitative estimate of drug-likeness (QED) is 0.623. The van der Waals surface area contributed by atoms with Crippen LogP contribution in [0.3, 0.4) is 0 Å². The van der Waals surface area contributed by atoms with Gasteiger partial charge in [-0.1, -0.05) is 0 Å². The molecule has 5 heteroatoms. The van der Waals surface area contributed by atoms with E-state index in [0.717, 1.165) is 5.69 Å². The number of pyridine rings is 1. The molecule has 0 aliphatic carbocycles. The van der Waals surface area contributed by atoms with Crippen molar-refractivity contribution >= 4 is 21.9 Å². The van der Waals surface area contributed by atoms with E-state index in [-0.39, 0.29) is 12.6 Å². The van der Waals surface area contributed by atoms with Crippen LogP contribution < -0.4 is 4.74 Å². The Labute approximate surface area is 96.7 Å². The van der Waals surface area contributed by atoms with Gasteiger partial charge in [-0.05, 0) is 41.9 Å². The standard InChI is InChI=1S/C10H12BrNO3/c1-3-14-9(13)6-15-8-5-4-7(2)12-10(8)11/h4-5H,3,6H2,1-2H3. The second-order valence-corrected chi connectivity index (χ2v) is 3.59. The Bertz CT molecular complexity index is 355. The van der Waals surface area contributed by atoms with Crippen LogP contribution in [0.15, 0.2) is 16.7 Å². The van der Waals surface area contributed by atoms with Gasteiger partial charge in [0.05, 0.1) is 6.61 Å². The van der Waals surface area contributed by atoms with Gasteiger partial charge in [-0.3, -0.25) is 0 Å². The van der Waals surface area contributed by atoms with E-state index in [0.29, 0.717) is 17.0 Å². The molecule has 1 rings (SSSR count). The van der Waals surface area contributed by atoms with Gasteiger partial charge in [0, 0.05) is 5.69 Å². The summed E-state index contributed by atoms with van der Waals surface area (Å²) >= 11 is 3.25. The topological polar surface area (TPSA) is 48.4 Å². The van der Waals surface area contributed by atoms with Gasteiger partial charge in [0.2, 0.25) is 0 Å². The molecule has 1 aromatic rings. The van der Waals surface area contributed by atoms with E-state index >= 15 is 0 Å². The smallest absolute Gasteiger partial charge is 0.344 e. The van der Waals surface area contributed by atoms with Crippen molar-refractivity contribution < 1.29 is 14.3 Å². The molecule has 1 aromatic heterocycles. The minimum absolute atomic E-state index is 0.100. The molecule has 0 N–H and O–H groups in total. The fourth-order valence-electron chi connectivity index (χ4n) is 0.959. The zero-order valence-corrected chi connectivity index (χ0v) is 10.2. The van der Waals surface area contributed by atoms with E-state index in [2.05, 4.69) is 20.9 Å². The number of ether oxygens (including phenoxy) is 2. The Morgan fingerprint density at radius 3 is 2.87 bits per heavy atom. The zero-order chi connectivity index (χ0) is 11.3. The summed E-state index contributed by atoms with van der Waals surface area (Å²) < 4.78 is 10.5. The maximum atomic E-state index is 11.0. The van der Waals surface area contributed by atoms with Crippen LogP contribution in [0.2, 0.25) is 0 Å². The first-order valence-electron chi connectivity index (χ1n) is 4.55.